The Balaban J connectivity index is 1.49. The maximum atomic E-state index is 12.4. The summed E-state index contributed by atoms with van der Waals surface area (Å²) in [7, 11) is 0. The van der Waals surface area contributed by atoms with Gasteiger partial charge in [0.1, 0.15) is 5.75 Å². The third-order valence-electron chi connectivity index (χ3n) is 4.76. The smallest absolute Gasteiger partial charge is 0.311 e. The predicted octanol–water partition coefficient (Wildman–Crippen LogP) is 3.32. The van der Waals surface area contributed by atoms with Crippen LogP contribution in [0.5, 0.6) is 5.75 Å². The molecule has 1 saturated heterocycles. The number of aryl methyl sites for hydroxylation is 1. The van der Waals surface area contributed by atoms with Crippen LogP contribution in [0.25, 0.3) is 0 Å². The number of rotatable bonds is 8. The number of carbonyl (C=O) groups is 3. The molecular formula is C23H26N2O5. The maximum absolute atomic E-state index is 12.4. The molecule has 158 valence electrons. The lowest BCUT2D eigenvalue weighted by Gasteiger charge is -2.17. The molecule has 1 fully saturated rings. The average molecular weight is 410 g/mol. The van der Waals surface area contributed by atoms with Crippen LogP contribution in [-0.2, 0) is 19.1 Å². The Hall–Kier alpha value is -3.35. The highest BCUT2D eigenvalue weighted by atomic mass is 16.5. The number of benzene rings is 2. The fraction of sp³-hybridized carbons (Fsp3) is 0.348. The Morgan fingerprint density at radius 3 is 2.47 bits per heavy atom. The van der Waals surface area contributed by atoms with Crippen molar-refractivity contribution in [3.8, 4) is 5.75 Å². The quantitative estimate of drug-likeness (QED) is 0.675. The number of hydrogen-bond donors (Lipinski definition) is 1. The first-order chi connectivity index (χ1) is 14.5. The van der Waals surface area contributed by atoms with Gasteiger partial charge < -0.3 is 19.7 Å². The number of carbonyl (C=O) groups excluding carboxylic acids is 3. The van der Waals surface area contributed by atoms with Crippen LogP contribution in [0.2, 0.25) is 0 Å². The summed E-state index contributed by atoms with van der Waals surface area (Å²) < 4.78 is 10.7. The van der Waals surface area contributed by atoms with E-state index < -0.39 is 17.8 Å². The fourth-order valence-corrected chi connectivity index (χ4v) is 3.15. The molecule has 1 heterocycles. The molecule has 0 saturated carbocycles. The first kappa shape index (κ1) is 21.4. The Labute approximate surface area is 176 Å². The van der Waals surface area contributed by atoms with Crippen molar-refractivity contribution in [2.75, 3.05) is 30.0 Å². The van der Waals surface area contributed by atoms with Gasteiger partial charge in [0.15, 0.2) is 6.61 Å². The summed E-state index contributed by atoms with van der Waals surface area (Å²) in [4.78, 5) is 38.3. The minimum Gasteiger partial charge on any atom is -0.494 e. The molecule has 30 heavy (non-hydrogen) atoms. The molecule has 0 aliphatic carbocycles. The van der Waals surface area contributed by atoms with E-state index in [4.69, 9.17) is 9.47 Å². The van der Waals surface area contributed by atoms with Gasteiger partial charge in [0, 0.05) is 24.3 Å². The summed E-state index contributed by atoms with van der Waals surface area (Å²) in [6, 6.07) is 14.5. The third-order valence-corrected chi connectivity index (χ3v) is 4.76. The van der Waals surface area contributed by atoms with Gasteiger partial charge in [0.05, 0.1) is 12.5 Å². The van der Waals surface area contributed by atoms with Crippen molar-refractivity contribution in [1.29, 1.82) is 0 Å². The maximum Gasteiger partial charge on any atom is 0.311 e. The lowest BCUT2D eigenvalue weighted by molar-refractivity contribution is -0.151. The highest BCUT2D eigenvalue weighted by Gasteiger charge is 2.36. The van der Waals surface area contributed by atoms with E-state index >= 15 is 0 Å². The molecule has 7 heteroatoms. The highest BCUT2D eigenvalue weighted by Crippen LogP contribution is 2.27. The molecule has 7 nitrogen and oxygen atoms in total. The van der Waals surface area contributed by atoms with Gasteiger partial charge in [0.2, 0.25) is 5.91 Å². The van der Waals surface area contributed by atoms with Gasteiger partial charge in [-0.15, -0.1) is 0 Å². The largest absolute Gasteiger partial charge is 0.494 e. The van der Waals surface area contributed by atoms with Crippen LogP contribution in [0.15, 0.2) is 48.5 Å². The van der Waals surface area contributed by atoms with Gasteiger partial charge >= 0.3 is 5.97 Å². The number of anilines is 2. The van der Waals surface area contributed by atoms with Crippen LogP contribution < -0.4 is 15.0 Å². The van der Waals surface area contributed by atoms with E-state index in [2.05, 4.69) is 5.32 Å². The fourth-order valence-electron chi connectivity index (χ4n) is 3.15. The van der Waals surface area contributed by atoms with E-state index in [1.54, 1.807) is 41.3 Å². The summed E-state index contributed by atoms with van der Waals surface area (Å²) >= 11 is 0. The molecule has 1 aliphatic rings. The number of esters is 1. The van der Waals surface area contributed by atoms with E-state index in [1.807, 2.05) is 26.0 Å². The molecule has 3 rings (SSSR count). The van der Waals surface area contributed by atoms with Crippen LogP contribution in [0, 0.1) is 12.8 Å². The van der Waals surface area contributed by atoms with E-state index in [0.29, 0.717) is 18.0 Å². The first-order valence-electron chi connectivity index (χ1n) is 10.0. The molecule has 0 bridgehead atoms. The molecule has 0 spiro atoms. The van der Waals surface area contributed by atoms with Gasteiger partial charge in [-0.1, -0.05) is 24.6 Å². The van der Waals surface area contributed by atoms with Crippen LogP contribution >= 0.6 is 0 Å². The van der Waals surface area contributed by atoms with Crippen molar-refractivity contribution in [2.24, 2.45) is 5.92 Å². The number of amides is 2. The third kappa shape index (κ3) is 5.59. The molecule has 1 N–H and O–H groups in total. The molecule has 0 aromatic heterocycles. The van der Waals surface area contributed by atoms with Crippen molar-refractivity contribution >= 4 is 29.2 Å². The summed E-state index contributed by atoms with van der Waals surface area (Å²) in [5.41, 5.74) is 2.42. The lowest BCUT2D eigenvalue weighted by Crippen LogP contribution is -2.28. The van der Waals surface area contributed by atoms with Crippen molar-refractivity contribution < 1.29 is 23.9 Å². The first-order valence-corrected chi connectivity index (χ1v) is 10.0. The Morgan fingerprint density at radius 1 is 1.10 bits per heavy atom. The predicted molar refractivity (Wildman–Crippen MR) is 113 cm³/mol. The summed E-state index contributed by atoms with van der Waals surface area (Å²) in [6.45, 7) is 4.46. The van der Waals surface area contributed by atoms with Crippen molar-refractivity contribution in [1.82, 2.24) is 0 Å². The number of ether oxygens (including phenoxy) is 2. The van der Waals surface area contributed by atoms with Gasteiger partial charge in [-0.05, 0) is 49.7 Å². The van der Waals surface area contributed by atoms with Crippen LogP contribution in [0.3, 0.4) is 0 Å². The van der Waals surface area contributed by atoms with E-state index in [9.17, 15) is 14.4 Å². The van der Waals surface area contributed by atoms with E-state index in [-0.39, 0.29) is 25.5 Å². The number of nitrogens with zero attached hydrogens (tertiary/aromatic N) is 1. The second kappa shape index (κ2) is 9.91. The van der Waals surface area contributed by atoms with E-state index in [1.165, 1.54) is 0 Å². The highest BCUT2D eigenvalue weighted by molar-refractivity contribution is 6.00. The molecule has 2 amide bonds. The Bertz CT molecular complexity index is 893. The van der Waals surface area contributed by atoms with Gasteiger partial charge in [-0.2, -0.15) is 0 Å². The molecule has 2 aromatic carbocycles. The monoisotopic (exact) mass is 410 g/mol. The Kier molecular flexibility index (Phi) is 7.06. The second-order valence-corrected chi connectivity index (χ2v) is 7.27. The van der Waals surface area contributed by atoms with Crippen LogP contribution in [0.1, 0.15) is 25.3 Å². The summed E-state index contributed by atoms with van der Waals surface area (Å²) in [6.07, 6.45) is 0.978. The Morgan fingerprint density at radius 2 is 1.80 bits per heavy atom. The molecular weight excluding hydrogens is 384 g/mol. The van der Waals surface area contributed by atoms with E-state index in [0.717, 1.165) is 17.7 Å². The average Bonchev–Trinajstić information content (AvgIpc) is 3.14. The minimum absolute atomic E-state index is 0.0620. The standard InChI is InChI=1S/C23H26N2O5/c1-3-12-29-20-10-8-19(9-11-20)25-14-17(13-22(25)27)23(28)30-15-21(26)24-18-6-4-16(2)5-7-18/h4-11,17H,3,12-15H2,1-2H3,(H,24,26)/t17-/m1/s1. The zero-order chi connectivity index (χ0) is 21.5. The van der Waals surface area contributed by atoms with Gasteiger partial charge in [-0.25, -0.2) is 0 Å². The molecule has 1 aliphatic heterocycles. The molecule has 0 radical (unpaired) electrons. The van der Waals surface area contributed by atoms with Crippen molar-refractivity contribution in [2.45, 2.75) is 26.7 Å². The van der Waals surface area contributed by atoms with Crippen molar-refractivity contribution in [3.63, 3.8) is 0 Å². The molecule has 1 atom stereocenters. The second-order valence-electron chi connectivity index (χ2n) is 7.27. The lowest BCUT2D eigenvalue weighted by atomic mass is 10.1. The van der Waals surface area contributed by atoms with Crippen LogP contribution in [0.4, 0.5) is 11.4 Å². The zero-order valence-corrected chi connectivity index (χ0v) is 17.2. The normalized spacial score (nSPS) is 15.7. The van der Waals surface area contributed by atoms with Gasteiger partial charge in [0.25, 0.3) is 5.91 Å². The number of hydrogen-bond acceptors (Lipinski definition) is 5. The number of nitrogens with one attached hydrogen (secondary N) is 1. The minimum atomic E-state index is -0.597. The molecule has 2 aromatic rings. The SMILES string of the molecule is CCCOc1ccc(N2C[C@H](C(=O)OCC(=O)Nc3ccc(C)cc3)CC2=O)cc1. The van der Waals surface area contributed by atoms with Crippen LogP contribution in [-0.4, -0.2) is 37.5 Å². The topological polar surface area (TPSA) is 84.9 Å². The molecule has 0 unspecified atom stereocenters. The summed E-state index contributed by atoms with van der Waals surface area (Å²) in [5.74, 6) is -0.976. The van der Waals surface area contributed by atoms with Crippen molar-refractivity contribution in [3.05, 3.63) is 54.1 Å². The summed E-state index contributed by atoms with van der Waals surface area (Å²) in [5, 5.41) is 2.67. The zero-order valence-electron chi connectivity index (χ0n) is 17.2. The van der Waals surface area contributed by atoms with Gasteiger partial charge in [-0.3, -0.25) is 14.4 Å².